The SMILES string of the molecule is O=C(Cn1cc(-c2nc3ccccc3s2)nn1)N1CCNC1=O. The van der Waals surface area contributed by atoms with E-state index in [1.165, 1.54) is 20.9 Å². The van der Waals surface area contributed by atoms with Gasteiger partial charge >= 0.3 is 6.03 Å². The molecule has 1 N–H and O–H groups in total. The molecule has 1 aliphatic heterocycles. The van der Waals surface area contributed by atoms with Crippen LogP contribution < -0.4 is 5.32 Å². The average Bonchev–Trinajstić information content (AvgIpc) is 3.25. The summed E-state index contributed by atoms with van der Waals surface area (Å²) in [7, 11) is 0. The van der Waals surface area contributed by atoms with Gasteiger partial charge in [-0.2, -0.15) is 0 Å². The lowest BCUT2D eigenvalue weighted by atomic mass is 10.3. The predicted octanol–water partition coefficient (Wildman–Crippen LogP) is 1.11. The van der Waals surface area contributed by atoms with Crippen LogP contribution in [0.2, 0.25) is 0 Å². The Morgan fingerprint density at radius 3 is 3.00 bits per heavy atom. The van der Waals surface area contributed by atoms with Crippen LogP contribution in [0, 0.1) is 0 Å². The maximum absolute atomic E-state index is 12.1. The summed E-state index contributed by atoms with van der Waals surface area (Å²) in [5, 5.41) is 11.4. The molecule has 8 nitrogen and oxygen atoms in total. The number of carbonyl (C=O) groups is 2. The molecule has 1 aliphatic rings. The van der Waals surface area contributed by atoms with E-state index in [-0.39, 0.29) is 18.5 Å². The first-order valence-corrected chi connectivity index (χ1v) is 7.86. The van der Waals surface area contributed by atoms with Crippen molar-refractivity contribution in [3.63, 3.8) is 0 Å². The lowest BCUT2D eigenvalue weighted by molar-refractivity contribution is -0.128. The Hall–Kier alpha value is -2.81. The Kier molecular flexibility index (Phi) is 3.27. The number of carbonyl (C=O) groups excluding carboxylic acids is 2. The van der Waals surface area contributed by atoms with Gasteiger partial charge in [0.1, 0.15) is 17.2 Å². The summed E-state index contributed by atoms with van der Waals surface area (Å²) in [6, 6.07) is 7.47. The number of para-hydroxylation sites is 1. The Bertz CT molecular complexity index is 868. The summed E-state index contributed by atoms with van der Waals surface area (Å²) in [6.07, 6.45) is 1.67. The van der Waals surface area contributed by atoms with Crippen molar-refractivity contribution in [2.45, 2.75) is 6.54 Å². The van der Waals surface area contributed by atoms with Crippen LogP contribution >= 0.6 is 11.3 Å². The van der Waals surface area contributed by atoms with Crippen molar-refractivity contribution in [2.24, 2.45) is 0 Å². The van der Waals surface area contributed by atoms with Crippen LogP contribution in [-0.2, 0) is 11.3 Å². The lowest BCUT2D eigenvalue weighted by Gasteiger charge is -2.11. The first-order chi connectivity index (χ1) is 11.2. The fourth-order valence-electron chi connectivity index (χ4n) is 2.39. The van der Waals surface area contributed by atoms with Crippen molar-refractivity contribution < 1.29 is 9.59 Å². The Morgan fingerprint density at radius 1 is 1.35 bits per heavy atom. The number of hydrogen-bond acceptors (Lipinski definition) is 6. The fourth-order valence-corrected chi connectivity index (χ4v) is 3.30. The van der Waals surface area contributed by atoms with Crippen LogP contribution in [0.1, 0.15) is 0 Å². The molecular formula is C14H12N6O2S. The highest BCUT2D eigenvalue weighted by Crippen LogP contribution is 2.28. The van der Waals surface area contributed by atoms with Crippen molar-refractivity contribution >= 4 is 33.5 Å². The standard InChI is InChI=1S/C14H12N6O2S/c21-12(20-6-5-15-14(20)22)8-19-7-10(17-18-19)13-16-9-3-1-2-4-11(9)23-13/h1-4,7H,5-6,8H2,(H,15,22). The molecule has 1 saturated heterocycles. The molecule has 0 spiro atoms. The Balaban J connectivity index is 1.54. The normalized spacial score (nSPS) is 14.4. The van der Waals surface area contributed by atoms with Crippen LogP contribution in [0.5, 0.6) is 0 Å². The van der Waals surface area contributed by atoms with Crippen LogP contribution in [0.4, 0.5) is 4.79 Å². The summed E-state index contributed by atoms with van der Waals surface area (Å²) in [5.74, 6) is -0.305. The second kappa shape index (κ2) is 5.43. The van der Waals surface area contributed by atoms with Crippen LogP contribution in [0.15, 0.2) is 30.5 Å². The largest absolute Gasteiger partial charge is 0.336 e. The number of imide groups is 1. The molecule has 23 heavy (non-hydrogen) atoms. The molecule has 4 rings (SSSR count). The van der Waals surface area contributed by atoms with Gasteiger partial charge in [-0.05, 0) is 12.1 Å². The molecule has 0 bridgehead atoms. The van der Waals surface area contributed by atoms with Crippen molar-refractivity contribution in [1.82, 2.24) is 30.2 Å². The molecule has 3 amide bonds. The second-order valence-corrected chi connectivity index (χ2v) is 6.10. The number of urea groups is 1. The molecule has 0 saturated carbocycles. The quantitative estimate of drug-likeness (QED) is 0.777. The van der Waals surface area contributed by atoms with Crippen LogP contribution in [0.25, 0.3) is 20.9 Å². The van der Waals surface area contributed by atoms with E-state index >= 15 is 0 Å². The number of hydrogen-bond donors (Lipinski definition) is 1. The monoisotopic (exact) mass is 328 g/mol. The number of amides is 3. The molecule has 3 aromatic rings. The minimum atomic E-state index is -0.360. The molecule has 9 heteroatoms. The lowest BCUT2D eigenvalue weighted by Crippen LogP contribution is -2.36. The van der Waals surface area contributed by atoms with Gasteiger partial charge in [0.05, 0.1) is 16.4 Å². The number of nitrogens with one attached hydrogen (secondary N) is 1. The molecule has 0 unspecified atom stereocenters. The Morgan fingerprint density at radius 2 is 2.22 bits per heavy atom. The van der Waals surface area contributed by atoms with Crippen LogP contribution in [0.3, 0.4) is 0 Å². The third kappa shape index (κ3) is 2.55. The molecule has 2 aromatic heterocycles. The fraction of sp³-hybridized carbons (Fsp3) is 0.214. The first kappa shape index (κ1) is 13.8. The summed E-state index contributed by atoms with van der Waals surface area (Å²) in [6.45, 7) is 0.849. The maximum Gasteiger partial charge on any atom is 0.324 e. The van der Waals surface area contributed by atoms with E-state index in [0.717, 1.165) is 15.2 Å². The number of thiazole rings is 1. The number of nitrogens with zero attached hydrogens (tertiary/aromatic N) is 5. The first-order valence-electron chi connectivity index (χ1n) is 7.05. The van der Waals surface area contributed by atoms with Gasteiger partial charge in [-0.1, -0.05) is 17.3 Å². The van der Waals surface area contributed by atoms with E-state index in [1.807, 2.05) is 24.3 Å². The highest BCUT2D eigenvalue weighted by Gasteiger charge is 2.26. The summed E-state index contributed by atoms with van der Waals surface area (Å²) >= 11 is 1.52. The third-order valence-corrected chi connectivity index (χ3v) is 4.57. The second-order valence-electron chi connectivity index (χ2n) is 5.07. The van der Waals surface area contributed by atoms with Gasteiger partial charge in [-0.3, -0.25) is 9.69 Å². The van der Waals surface area contributed by atoms with Gasteiger partial charge in [0.2, 0.25) is 0 Å². The summed E-state index contributed by atoms with van der Waals surface area (Å²) < 4.78 is 2.50. The van der Waals surface area contributed by atoms with Gasteiger partial charge in [-0.25, -0.2) is 14.5 Å². The van der Waals surface area contributed by atoms with E-state index < -0.39 is 0 Å². The minimum Gasteiger partial charge on any atom is -0.336 e. The number of benzene rings is 1. The highest BCUT2D eigenvalue weighted by atomic mass is 32.1. The topological polar surface area (TPSA) is 93.0 Å². The van der Waals surface area contributed by atoms with E-state index in [4.69, 9.17) is 0 Å². The van der Waals surface area contributed by atoms with E-state index in [1.54, 1.807) is 6.20 Å². The van der Waals surface area contributed by atoms with E-state index in [2.05, 4.69) is 20.6 Å². The van der Waals surface area contributed by atoms with E-state index in [9.17, 15) is 9.59 Å². The van der Waals surface area contributed by atoms with Gasteiger partial charge in [-0.15, -0.1) is 16.4 Å². The molecule has 0 radical (unpaired) electrons. The van der Waals surface area contributed by atoms with Crippen molar-refractivity contribution in [3.05, 3.63) is 30.5 Å². The number of fused-ring (bicyclic) bond motifs is 1. The number of rotatable bonds is 3. The third-order valence-electron chi connectivity index (χ3n) is 3.51. The smallest absolute Gasteiger partial charge is 0.324 e. The van der Waals surface area contributed by atoms with Crippen LogP contribution in [-0.4, -0.2) is 49.9 Å². The van der Waals surface area contributed by atoms with Gasteiger partial charge < -0.3 is 5.32 Å². The number of aromatic nitrogens is 4. The van der Waals surface area contributed by atoms with Crippen molar-refractivity contribution in [3.8, 4) is 10.7 Å². The van der Waals surface area contributed by atoms with Gasteiger partial charge in [0.15, 0.2) is 0 Å². The summed E-state index contributed by atoms with van der Waals surface area (Å²) in [4.78, 5) is 29.2. The zero-order chi connectivity index (χ0) is 15.8. The molecule has 116 valence electrons. The molecule has 1 aromatic carbocycles. The van der Waals surface area contributed by atoms with E-state index in [0.29, 0.717) is 18.8 Å². The average molecular weight is 328 g/mol. The maximum atomic E-state index is 12.1. The zero-order valence-electron chi connectivity index (χ0n) is 12.0. The minimum absolute atomic E-state index is 0.0225. The Labute approximate surface area is 134 Å². The van der Waals surface area contributed by atoms with Gasteiger partial charge in [0.25, 0.3) is 5.91 Å². The highest BCUT2D eigenvalue weighted by molar-refractivity contribution is 7.21. The van der Waals surface area contributed by atoms with Gasteiger partial charge in [0, 0.05) is 13.1 Å². The molecule has 0 atom stereocenters. The summed E-state index contributed by atoms with van der Waals surface area (Å²) in [5.41, 5.74) is 1.52. The van der Waals surface area contributed by atoms with Crippen molar-refractivity contribution in [2.75, 3.05) is 13.1 Å². The molecule has 3 heterocycles. The molecule has 0 aliphatic carbocycles. The molecule has 1 fully saturated rings. The molecular weight excluding hydrogens is 316 g/mol. The predicted molar refractivity (Wildman–Crippen MR) is 83.7 cm³/mol. The zero-order valence-corrected chi connectivity index (χ0v) is 12.8. The van der Waals surface area contributed by atoms with Crippen molar-refractivity contribution in [1.29, 1.82) is 0 Å².